The number of nitrogens with one attached hydrogen (secondary N) is 1. The molecule has 1 N–H and O–H groups in total. The Morgan fingerprint density at radius 2 is 1.67 bits per heavy atom. The second-order valence-corrected chi connectivity index (χ2v) is 9.98. The highest BCUT2D eigenvalue weighted by atomic mass is 16.2. The average molecular weight is 401 g/mol. The Morgan fingerprint density at radius 3 is 2.47 bits per heavy atom. The van der Waals surface area contributed by atoms with E-state index in [9.17, 15) is 4.79 Å². The summed E-state index contributed by atoms with van der Waals surface area (Å²) in [5, 5.41) is 3.90. The van der Waals surface area contributed by atoms with Crippen molar-refractivity contribution in [3.05, 3.63) is 65.2 Å². The molecule has 2 aromatic carbocycles. The molecule has 0 spiro atoms. The zero-order valence-corrected chi connectivity index (χ0v) is 17.7. The Morgan fingerprint density at radius 1 is 0.900 bits per heavy atom. The number of likely N-dealkylation sites (tertiary alicyclic amines) is 1. The smallest absolute Gasteiger partial charge is 0.253 e. The molecular formula is C27H32N2O. The van der Waals surface area contributed by atoms with Crippen LogP contribution in [-0.4, -0.2) is 23.9 Å². The molecular weight excluding hydrogens is 368 g/mol. The summed E-state index contributed by atoms with van der Waals surface area (Å²) in [6.07, 6.45) is 8.90. The second kappa shape index (κ2) is 7.44. The maximum atomic E-state index is 13.3. The molecule has 2 saturated carbocycles. The Balaban J connectivity index is 1.36. The van der Waals surface area contributed by atoms with Gasteiger partial charge < -0.3 is 10.2 Å². The summed E-state index contributed by atoms with van der Waals surface area (Å²) in [4.78, 5) is 15.4. The van der Waals surface area contributed by atoms with E-state index in [0.29, 0.717) is 17.9 Å². The van der Waals surface area contributed by atoms with Gasteiger partial charge in [0, 0.05) is 24.3 Å². The first-order chi connectivity index (χ1) is 14.8. The molecule has 4 aliphatic rings. The molecule has 2 aromatic rings. The lowest BCUT2D eigenvalue weighted by Crippen LogP contribution is -2.36. The van der Waals surface area contributed by atoms with Crippen LogP contribution in [0.5, 0.6) is 0 Å². The van der Waals surface area contributed by atoms with Gasteiger partial charge in [0.15, 0.2) is 0 Å². The summed E-state index contributed by atoms with van der Waals surface area (Å²) in [6, 6.07) is 17.9. The zero-order chi connectivity index (χ0) is 20.1. The normalized spacial score (nSPS) is 32.1. The first-order valence-corrected chi connectivity index (χ1v) is 12.0. The van der Waals surface area contributed by atoms with Gasteiger partial charge in [-0.1, -0.05) is 43.2 Å². The maximum absolute atomic E-state index is 13.3. The summed E-state index contributed by atoms with van der Waals surface area (Å²) in [7, 11) is 0. The van der Waals surface area contributed by atoms with E-state index in [1.807, 2.05) is 0 Å². The highest BCUT2D eigenvalue weighted by Crippen LogP contribution is 2.63. The number of nitrogens with zero attached hydrogens (tertiary/aromatic N) is 1. The van der Waals surface area contributed by atoms with Crippen molar-refractivity contribution < 1.29 is 4.79 Å². The molecule has 1 saturated heterocycles. The third-order valence-corrected chi connectivity index (χ3v) is 8.39. The summed E-state index contributed by atoms with van der Waals surface area (Å²) in [5.74, 6) is 3.10. The van der Waals surface area contributed by atoms with Gasteiger partial charge in [0.2, 0.25) is 0 Å². The standard InChI is InChI=1S/C27H32N2O/c30-27(29-14-6-1-2-7-15-29)21-12-13-23-22(17-21)24-19-10-11-20(16-19)25(24)26(28-23)18-8-4-3-5-9-18/h3-5,8-9,12-13,17,19-20,24-26,28H,1-2,6-7,10-11,14-16H2/t19-,20-,24-,25-,26+/m0/s1. The van der Waals surface area contributed by atoms with Crippen LogP contribution in [-0.2, 0) is 0 Å². The first kappa shape index (κ1) is 18.5. The molecule has 0 aromatic heterocycles. The van der Waals surface area contributed by atoms with Crippen LogP contribution in [0.15, 0.2) is 48.5 Å². The van der Waals surface area contributed by atoms with E-state index >= 15 is 0 Å². The third-order valence-electron chi connectivity index (χ3n) is 8.39. The minimum atomic E-state index is 0.240. The minimum Gasteiger partial charge on any atom is -0.378 e. The zero-order valence-electron chi connectivity index (χ0n) is 17.7. The van der Waals surface area contributed by atoms with Crippen molar-refractivity contribution >= 4 is 11.6 Å². The number of benzene rings is 2. The Labute approximate surface area is 179 Å². The second-order valence-electron chi connectivity index (χ2n) is 9.98. The monoisotopic (exact) mass is 400 g/mol. The number of hydrogen-bond acceptors (Lipinski definition) is 2. The van der Waals surface area contributed by atoms with E-state index in [0.717, 1.165) is 43.3 Å². The largest absolute Gasteiger partial charge is 0.378 e. The average Bonchev–Trinajstić information content (AvgIpc) is 3.31. The van der Waals surface area contributed by atoms with Gasteiger partial charge in [-0.3, -0.25) is 4.79 Å². The summed E-state index contributed by atoms with van der Waals surface area (Å²) < 4.78 is 0. The molecule has 1 amide bonds. The topological polar surface area (TPSA) is 32.3 Å². The molecule has 2 aliphatic carbocycles. The molecule has 2 bridgehead atoms. The van der Waals surface area contributed by atoms with Crippen LogP contribution >= 0.6 is 0 Å². The highest BCUT2D eigenvalue weighted by molar-refractivity contribution is 5.95. The van der Waals surface area contributed by atoms with E-state index in [4.69, 9.17) is 0 Å². The number of fused-ring (bicyclic) bond motifs is 7. The van der Waals surface area contributed by atoms with Crippen LogP contribution in [0.1, 0.15) is 78.4 Å². The quantitative estimate of drug-likeness (QED) is 0.670. The van der Waals surface area contributed by atoms with E-state index in [2.05, 4.69) is 58.7 Å². The SMILES string of the molecule is O=C(c1ccc2c(c1)[C@@H]1[C@H]3CC[C@@H](C3)[C@@H]1[C@@H](c1ccccc1)N2)N1CCCCCC1. The van der Waals surface area contributed by atoms with E-state index < -0.39 is 0 Å². The van der Waals surface area contributed by atoms with Crippen molar-refractivity contribution in [3.63, 3.8) is 0 Å². The fourth-order valence-electron chi connectivity index (χ4n) is 7.07. The molecule has 30 heavy (non-hydrogen) atoms. The van der Waals surface area contributed by atoms with Gasteiger partial charge in [-0.25, -0.2) is 0 Å². The molecule has 156 valence electrons. The van der Waals surface area contributed by atoms with Crippen molar-refractivity contribution in [1.29, 1.82) is 0 Å². The van der Waals surface area contributed by atoms with Gasteiger partial charge in [-0.2, -0.15) is 0 Å². The summed E-state index contributed by atoms with van der Waals surface area (Å²) >= 11 is 0. The van der Waals surface area contributed by atoms with Crippen LogP contribution in [0.4, 0.5) is 5.69 Å². The van der Waals surface area contributed by atoms with Crippen LogP contribution < -0.4 is 5.32 Å². The van der Waals surface area contributed by atoms with Gasteiger partial charge >= 0.3 is 0 Å². The van der Waals surface area contributed by atoms with Crippen molar-refractivity contribution in [3.8, 4) is 0 Å². The number of carbonyl (C=O) groups excluding carboxylic acids is 1. The lowest BCUT2D eigenvalue weighted by molar-refractivity contribution is 0.0761. The van der Waals surface area contributed by atoms with Crippen molar-refractivity contribution in [2.75, 3.05) is 18.4 Å². The molecule has 0 unspecified atom stereocenters. The predicted molar refractivity (Wildman–Crippen MR) is 121 cm³/mol. The predicted octanol–water partition coefficient (Wildman–Crippen LogP) is 6.00. The highest BCUT2D eigenvalue weighted by Gasteiger charge is 2.53. The first-order valence-electron chi connectivity index (χ1n) is 12.0. The van der Waals surface area contributed by atoms with Gasteiger partial charge in [0.1, 0.15) is 0 Å². The Kier molecular flexibility index (Phi) is 4.58. The van der Waals surface area contributed by atoms with Gasteiger partial charge in [-0.05, 0) is 85.1 Å². The summed E-state index contributed by atoms with van der Waals surface area (Å²) in [5.41, 5.74) is 4.98. The Bertz CT molecular complexity index is 931. The van der Waals surface area contributed by atoms with Gasteiger partial charge in [0.25, 0.3) is 5.91 Å². The van der Waals surface area contributed by atoms with Crippen molar-refractivity contribution in [2.24, 2.45) is 17.8 Å². The molecule has 3 fully saturated rings. The lowest BCUT2D eigenvalue weighted by Gasteiger charge is -2.43. The van der Waals surface area contributed by atoms with Crippen molar-refractivity contribution in [1.82, 2.24) is 4.90 Å². The Hall–Kier alpha value is -2.29. The minimum absolute atomic E-state index is 0.240. The van der Waals surface area contributed by atoms with E-state index in [1.165, 1.54) is 48.9 Å². The molecule has 5 atom stereocenters. The number of amides is 1. The number of rotatable bonds is 2. The molecule has 2 heterocycles. The fourth-order valence-corrected chi connectivity index (χ4v) is 7.07. The third kappa shape index (κ3) is 2.97. The lowest BCUT2D eigenvalue weighted by atomic mass is 9.68. The molecule has 6 rings (SSSR count). The van der Waals surface area contributed by atoms with Crippen LogP contribution in [0, 0.1) is 17.8 Å². The van der Waals surface area contributed by atoms with Gasteiger partial charge in [-0.15, -0.1) is 0 Å². The van der Waals surface area contributed by atoms with Crippen LogP contribution in [0.3, 0.4) is 0 Å². The van der Waals surface area contributed by atoms with Crippen molar-refractivity contribution in [2.45, 2.75) is 56.9 Å². The molecule has 2 aliphatic heterocycles. The number of hydrogen-bond donors (Lipinski definition) is 1. The van der Waals surface area contributed by atoms with E-state index in [-0.39, 0.29) is 5.91 Å². The maximum Gasteiger partial charge on any atom is 0.253 e. The molecule has 0 radical (unpaired) electrons. The fraction of sp³-hybridized carbons (Fsp3) is 0.519. The summed E-state index contributed by atoms with van der Waals surface area (Å²) in [6.45, 7) is 1.84. The van der Waals surface area contributed by atoms with Crippen LogP contribution in [0.25, 0.3) is 0 Å². The van der Waals surface area contributed by atoms with Gasteiger partial charge in [0.05, 0.1) is 6.04 Å². The van der Waals surface area contributed by atoms with E-state index in [1.54, 1.807) is 0 Å². The molecule has 3 heteroatoms. The number of anilines is 1. The van der Waals surface area contributed by atoms with Crippen LogP contribution in [0.2, 0.25) is 0 Å². The molecule has 3 nitrogen and oxygen atoms in total. The number of carbonyl (C=O) groups is 1.